The van der Waals surface area contributed by atoms with Crippen molar-refractivity contribution in [1.82, 2.24) is 4.98 Å². The Hall–Kier alpha value is -1.97. The average molecular weight is 246 g/mol. The number of nitrogens with two attached hydrogens (primary N) is 1. The maximum absolute atomic E-state index is 5.65. The molecule has 0 aliphatic rings. The van der Waals surface area contributed by atoms with Crippen LogP contribution < -0.4 is 10.5 Å². The Morgan fingerprint density at radius 2 is 2.06 bits per heavy atom. The minimum Gasteiger partial charge on any atom is -0.496 e. The van der Waals surface area contributed by atoms with Crippen molar-refractivity contribution in [3.8, 4) is 17.1 Å². The third-order valence-corrected chi connectivity index (χ3v) is 2.87. The van der Waals surface area contributed by atoms with Gasteiger partial charge in [0.15, 0.2) is 5.76 Å². The molecule has 0 bridgehead atoms. The minimum absolute atomic E-state index is 0.210. The third-order valence-electron chi connectivity index (χ3n) is 2.87. The van der Waals surface area contributed by atoms with Crippen LogP contribution in [0.1, 0.15) is 31.0 Å². The molecule has 0 unspecified atom stereocenters. The summed E-state index contributed by atoms with van der Waals surface area (Å²) in [7, 11) is 1.66. The van der Waals surface area contributed by atoms with Gasteiger partial charge in [-0.3, -0.25) is 0 Å². The molecule has 0 fully saturated rings. The second-order valence-electron chi connectivity index (χ2n) is 4.61. The van der Waals surface area contributed by atoms with E-state index in [1.54, 1.807) is 7.11 Å². The molecular weight excluding hydrogens is 228 g/mol. The fourth-order valence-electron chi connectivity index (χ4n) is 1.97. The molecule has 0 aliphatic heterocycles. The lowest BCUT2D eigenvalue weighted by atomic mass is 10.0. The molecule has 0 atom stereocenters. The first-order valence-electron chi connectivity index (χ1n) is 5.94. The number of aromatic nitrogens is 1. The number of hydrogen-bond donors (Lipinski definition) is 1. The Bertz CT molecular complexity index is 559. The van der Waals surface area contributed by atoms with Crippen molar-refractivity contribution in [3.05, 3.63) is 29.5 Å². The number of anilines is 1. The molecule has 2 aromatic rings. The number of nitrogen functional groups attached to an aromatic ring is 1. The first-order valence-corrected chi connectivity index (χ1v) is 5.94. The lowest BCUT2D eigenvalue weighted by Gasteiger charge is -2.07. The second kappa shape index (κ2) is 4.72. The molecule has 0 spiro atoms. The zero-order chi connectivity index (χ0) is 13.3. The lowest BCUT2D eigenvalue weighted by Crippen LogP contribution is -1.92. The van der Waals surface area contributed by atoms with Gasteiger partial charge in [0, 0.05) is 5.56 Å². The van der Waals surface area contributed by atoms with Crippen molar-refractivity contribution in [2.75, 3.05) is 12.8 Å². The number of methoxy groups -OCH3 is 1. The highest BCUT2D eigenvalue weighted by Crippen LogP contribution is 2.33. The van der Waals surface area contributed by atoms with E-state index in [2.05, 4.69) is 18.8 Å². The molecule has 96 valence electrons. The maximum atomic E-state index is 5.65. The third kappa shape index (κ3) is 2.18. The van der Waals surface area contributed by atoms with E-state index in [0.29, 0.717) is 0 Å². The average Bonchev–Trinajstić information content (AvgIpc) is 2.71. The van der Waals surface area contributed by atoms with E-state index in [-0.39, 0.29) is 11.9 Å². The van der Waals surface area contributed by atoms with Gasteiger partial charge < -0.3 is 14.9 Å². The summed E-state index contributed by atoms with van der Waals surface area (Å²) in [5.41, 5.74) is 8.56. The van der Waals surface area contributed by atoms with Crippen molar-refractivity contribution < 1.29 is 9.15 Å². The summed E-state index contributed by atoms with van der Waals surface area (Å²) in [5.74, 6) is 1.87. The first-order chi connectivity index (χ1) is 8.52. The van der Waals surface area contributed by atoms with Crippen LogP contribution in [0, 0.1) is 6.92 Å². The van der Waals surface area contributed by atoms with Crippen LogP contribution in [0.5, 0.6) is 5.75 Å². The van der Waals surface area contributed by atoms with Gasteiger partial charge in [-0.15, -0.1) is 0 Å². The maximum Gasteiger partial charge on any atom is 0.292 e. The Balaban J connectivity index is 2.51. The summed E-state index contributed by atoms with van der Waals surface area (Å²) in [5, 5.41) is 0. The number of oxazole rings is 1. The van der Waals surface area contributed by atoms with E-state index >= 15 is 0 Å². The standard InChI is InChI=1S/C14H18N2O2/c1-8(2)12-13(18-14(15)16-12)10-5-6-11(17-4)9(3)7-10/h5-8H,1-4H3,(H2,15,16). The van der Waals surface area contributed by atoms with Crippen LogP contribution >= 0.6 is 0 Å². The second-order valence-corrected chi connectivity index (χ2v) is 4.61. The molecule has 0 saturated heterocycles. The van der Waals surface area contributed by atoms with Gasteiger partial charge in [-0.2, -0.15) is 4.98 Å². The van der Waals surface area contributed by atoms with Crippen molar-refractivity contribution in [2.45, 2.75) is 26.7 Å². The summed E-state index contributed by atoms with van der Waals surface area (Å²) >= 11 is 0. The van der Waals surface area contributed by atoms with Gasteiger partial charge in [0.1, 0.15) is 5.75 Å². The van der Waals surface area contributed by atoms with Gasteiger partial charge in [-0.05, 0) is 36.6 Å². The number of benzene rings is 1. The molecule has 2 N–H and O–H groups in total. The molecular formula is C14H18N2O2. The van der Waals surface area contributed by atoms with Gasteiger partial charge in [-0.1, -0.05) is 13.8 Å². The highest BCUT2D eigenvalue weighted by atomic mass is 16.5. The molecule has 18 heavy (non-hydrogen) atoms. The molecule has 4 nitrogen and oxygen atoms in total. The highest BCUT2D eigenvalue weighted by molar-refractivity contribution is 5.64. The van der Waals surface area contributed by atoms with Crippen LogP contribution in [-0.2, 0) is 0 Å². The number of rotatable bonds is 3. The van der Waals surface area contributed by atoms with Crippen molar-refractivity contribution >= 4 is 6.01 Å². The summed E-state index contributed by atoms with van der Waals surface area (Å²) in [6, 6.07) is 6.11. The zero-order valence-electron chi connectivity index (χ0n) is 11.2. The molecule has 1 heterocycles. The smallest absolute Gasteiger partial charge is 0.292 e. The Morgan fingerprint density at radius 3 is 2.61 bits per heavy atom. The summed E-state index contributed by atoms with van der Waals surface area (Å²) in [6.07, 6.45) is 0. The Labute approximate surface area is 107 Å². The van der Waals surface area contributed by atoms with Crippen LogP contribution in [0.2, 0.25) is 0 Å². The van der Waals surface area contributed by atoms with E-state index < -0.39 is 0 Å². The fraction of sp³-hybridized carbons (Fsp3) is 0.357. The predicted octanol–water partition coefficient (Wildman–Crippen LogP) is 3.36. The predicted molar refractivity (Wildman–Crippen MR) is 71.7 cm³/mol. The lowest BCUT2D eigenvalue weighted by molar-refractivity contribution is 0.411. The number of hydrogen-bond acceptors (Lipinski definition) is 4. The van der Waals surface area contributed by atoms with E-state index in [9.17, 15) is 0 Å². The largest absolute Gasteiger partial charge is 0.496 e. The molecule has 0 amide bonds. The van der Waals surface area contributed by atoms with E-state index in [4.69, 9.17) is 14.9 Å². The Kier molecular flexibility index (Phi) is 3.28. The van der Waals surface area contributed by atoms with Gasteiger partial charge in [-0.25, -0.2) is 0 Å². The van der Waals surface area contributed by atoms with E-state index in [1.807, 2.05) is 25.1 Å². The van der Waals surface area contributed by atoms with Crippen molar-refractivity contribution in [3.63, 3.8) is 0 Å². The summed E-state index contributed by atoms with van der Waals surface area (Å²) in [6.45, 7) is 6.13. The molecule has 2 rings (SSSR count). The molecule has 0 radical (unpaired) electrons. The molecule has 0 saturated carbocycles. The van der Waals surface area contributed by atoms with Gasteiger partial charge in [0.05, 0.1) is 12.8 Å². The molecule has 1 aromatic carbocycles. The highest BCUT2D eigenvalue weighted by Gasteiger charge is 2.17. The summed E-state index contributed by atoms with van der Waals surface area (Å²) < 4.78 is 10.8. The van der Waals surface area contributed by atoms with Crippen LogP contribution in [0.25, 0.3) is 11.3 Å². The molecule has 1 aromatic heterocycles. The van der Waals surface area contributed by atoms with Crippen molar-refractivity contribution in [2.24, 2.45) is 0 Å². The zero-order valence-corrected chi connectivity index (χ0v) is 11.2. The monoisotopic (exact) mass is 246 g/mol. The number of aryl methyl sites for hydroxylation is 1. The fourth-order valence-corrected chi connectivity index (χ4v) is 1.97. The van der Waals surface area contributed by atoms with Crippen LogP contribution in [0.3, 0.4) is 0 Å². The first kappa shape index (κ1) is 12.5. The number of nitrogens with zero attached hydrogens (tertiary/aromatic N) is 1. The minimum atomic E-state index is 0.210. The summed E-state index contributed by atoms with van der Waals surface area (Å²) in [4.78, 5) is 4.24. The van der Waals surface area contributed by atoms with Gasteiger partial charge in [0.2, 0.25) is 0 Å². The van der Waals surface area contributed by atoms with E-state index in [0.717, 1.165) is 28.3 Å². The van der Waals surface area contributed by atoms with Crippen LogP contribution in [-0.4, -0.2) is 12.1 Å². The quantitative estimate of drug-likeness (QED) is 0.902. The normalized spacial score (nSPS) is 10.9. The van der Waals surface area contributed by atoms with Gasteiger partial charge >= 0.3 is 0 Å². The Morgan fingerprint density at radius 1 is 1.33 bits per heavy atom. The molecule has 4 heteroatoms. The van der Waals surface area contributed by atoms with E-state index in [1.165, 1.54) is 0 Å². The SMILES string of the molecule is COc1ccc(-c2oc(N)nc2C(C)C)cc1C. The van der Waals surface area contributed by atoms with Crippen LogP contribution in [0.15, 0.2) is 22.6 Å². The topological polar surface area (TPSA) is 61.3 Å². The van der Waals surface area contributed by atoms with Gasteiger partial charge in [0.25, 0.3) is 6.01 Å². The molecule has 0 aliphatic carbocycles. The van der Waals surface area contributed by atoms with Crippen molar-refractivity contribution in [1.29, 1.82) is 0 Å². The number of ether oxygens (including phenoxy) is 1. The van der Waals surface area contributed by atoms with Crippen LogP contribution in [0.4, 0.5) is 6.01 Å².